The first kappa shape index (κ1) is 13.4. The minimum absolute atomic E-state index is 0.294. The summed E-state index contributed by atoms with van der Waals surface area (Å²) in [5, 5.41) is 4.23. The predicted molar refractivity (Wildman–Crippen MR) is 71.7 cm³/mol. The van der Waals surface area contributed by atoms with Gasteiger partial charge in [0.2, 0.25) is 5.88 Å². The molecule has 0 aliphatic rings. The molecule has 6 heteroatoms. The SMILES string of the molecule is Cc1nn(C)c(Oc2cc(F)ccc2Br)c1CCl. The van der Waals surface area contributed by atoms with Gasteiger partial charge in [0.25, 0.3) is 0 Å². The number of ether oxygens (including phenoxy) is 1. The van der Waals surface area contributed by atoms with Crippen molar-refractivity contribution in [2.24, 2.45) is 7.05 Å². The van der Waals surface area contributed by atoms with E-state index in [0.29, 0.717) is 22.0 Å². The van der Waals surface area contributed by atoms with E-state index in [1.165, 1.54) is 12.1 Å². The van der Waals surface area contributed by atoms with Gasteiger partial charge < -0.3 is 4.74 Å². The number of benzene rings is 1. The summed E-state index contributed by atoms with van der Waals surface area (Å²) in [5.41, 5.74) is 1.60. The maximum Gasteiger partial charge on any atom is 0.222 e. The third kappa shape index (κ3) is 2.52. The van der Waals surface area contributed by atoms with Crippen LogP contribution in [0.5, 0.6) is 11.6 Å². The van der Waals surface area contributed by atoms with Crippen LogP contribution in [0.25, 0.3) is 0 Å². The van der Waals surface area contributed by atoms with Gasteiger partial charge in [0.05, 0.1) is 21.6 Å². The van der Waals surface area contributed by atoms with E-state index in [1.54, 1.807) is 17.8 Å². The van der Waals surface area contributed by atoms with Crippen LogP contribution >= 0.6 is 27.5 Å². The highest BCUT2D eigenvalue weighted by atomic mass is 79.9. The molecular weight excluding hydrogens is 322 g/mol. The fraction of sp³-hybridized carbons (Fsp3) is 0.250. The van der Waals surface area contributed by atoms with Crippen molar-refractivity contribution >= 4 is 27.5 Å². The first-order valence-electron chi connectivity index (χ1n) is 5.24. The van der Waals surface area contributed by atoms with E-state index < -0.39 is 0 Å². The average molecular weight is 334 g/mol. The third-order valence-corrected chi connectivity index (χ3v) is 3.44. The van der Waals surface area contributed by atoms with Crippen LogP contribution in [0.4, 0.5) is 4.39 Å². The smallest absolute Gasteiger partial charge is 0.222 e. The van der Waals surface area contributed by atoms with Crippen LogP contribution in [0.2, 0.25) is 0 Å². The summed E-state index contributed by atoms with van der Waals surface area (Å²) in [4.78, 5) is 0. The number of halogens is 3. The Morgan fingerprint density at radius 1 is 1.50 bits per heavy atom. The number of hydrogen-bond donors (Lipinski definition) is 0. The molecule has 2 aromatic rings. The van der Waals surface area contributed by atoms with E-state index in [0.717, 1.165) is 11.3 Å². The van der Waals surface area contributed by atoms with Gasteiger partial charge in [0, 0.05) is 13.1 Å². The molecule has 1 heterocycles. The second-order valence-electron chi connectivity index (χ2n) is 3.80. The summed E-state index contributed by atoms with van der Waals surface area (Å²) < 4.78 is 21.1. The zero-order valence-corrected chi connectivity index (χ0v) is 12.2. The lowest BCUT2D eigenvalue weighted by molar-refractivity contribution is 0.421. The summed E-state index contributed by atoms with van der Waals surface area (Å²) in [7, 11) is 1.76. The van der Waals surface area contributed by atoms with Gasteiger partial charge in [-0.25, -0.2) is 9.07 Å². The highest BCUT2D eigenvalue weighted by molar-refractivity contribution is 9.10. The molecular formula is C12H11BrClFN2O. The van der Waals surface area contributed by atoms with Gasteiger partial charge >= 0.3 is 0 Å². The number of aryl methyl sites for hydroxylation is 2. The van der Waals surface area contributed by atoms with Gasteiger partial charge in [-0.1, -0.05) is 0 Å². The summed E-state index contributed by atoms with van der Waals surface area (Å²) in [5.74, 6) is 0.847. The van der Waals surface area contributed by atoms with Crippen LogP contribution in [-0.4, -0.2) is 9.78 Å². The summed E-state index contributed by atoms with van der Waals surface area (Å²) >= 11 is 9.18. The molecule has 0 radical (unpaired) electrons. The molecule has 0 aliphatic heterocycles. The summed E-state index contributed by atoms with van der Waals surface area (Å²) in [6.45, 7) is 1.85. The molecule has 96 valence electrons. The Labute approximate surface area is 118 Å². The van der Waals surface area contributed by atoms with Crippen molar-refractivity contribution in [3.05, 3.63) is 39.7 Å². The molecule has 3 nitrogen and oxygen atoms in total. The molecule has 0 atom stereocenters. The number of alkyl halides is 1. The highest BCUT2D eigenvalue weighted by Gasteiger charge is 2.16. The first-order valence-corrected chi connectivity index (χ1v) is 6.57. The molecule has 0 saturated heterocycles. The standard InChI is InChI=1S/C12H11BrClFN2O/c1-7-9(6-14)12(17(2)16-7)18-11-5-8(15)3-4-10(11)13/h3-5H,6H2,1-2H3. The molecule has 0 unspecified atom stereocenters. The van der Waals surface area contributed by atoms with Crippen LogP contribution in [-0.2, 0) is 12.9 Å². The Bertz CT molecular complexity index is 586. The van der Waals surface area contributed by atoms with E-state index in [1.807, 2.05) is 6.92 Å². The van der Waals surface area contributed by atoms with Gasteiger partial charge in [-0.15, -0.1) is 11.6 Å². The van der Waals surface area contributed by atoms with Gasteiger partial charge in [0.1, 0.15) is 11.6 Å². The Balaban J connectivity index is 2.42. The monoisotopic (exact) mass is 332 g/mol. The van der Waals surface area contributed by atoms with Crippen LogP contribution in [0.15, 0.2) is 22.7 Å². The lowest BCUT2D eigenvalue weighted by Crippen LogP contribution is -1.97. The molecule has 0 amide bonds. The van der Waals surface area contributed by atoms with E-state index in [4.69, 9.17) is 16.3 Å². The molecule has 0 aliphatic carbocycles. The molecule has 0 saturated carbocycles. The summed E-state index contributed by atoms with van der Waals surface area (Å²) in [6, 6.07) is 4.26. The van der Waals surface area contributed by atoms with E-state index in [2.05, 4.69) is 21.0 Å². The lowest BCUT2D eigenvalue weighted by atomic mass is 10.3. The minimum Gasteiger partial charge on any atom is -0.438 e. The second kappa shape index (κ2) is 5.28. The molecule has 0 spiro atoms. The maximum atomic E-state index is 13.2. The van der Waals surface area contributed by atoms with Crippen molar-refractivity contribution < 1.29 is 9.13 Å². The fourth-order valence-corrected chi connectivity index (χ4v) is 2.26. The van der Waals surface area contributed by atoms with Gasteiger partial charge in [-0.3, -0.25) is 0 Å². The highest BCUT2D eigenvalue weighted by Crippen LogP contribution is 2.33. The fourth-order valence-electron chi connectivity index (χ4n) is 1.62. The molecule has 1 aromatic carbocycles. The topological polar surface area (TPSA) is 27.1 Å². The molecule has 0 fully saturated rings. The number of hydrogen-bond acceptors (Lipinski definition) is 2. The zero-order valence-electron chi connectivity index (χ0n) is 9.88. The summed E-state index contributed by atoms with van der Waals surface area (Å²) in [6.07, 6.45) is 0. The van der Waals surface area contributed by atoms with E-state index in [9.17, 15) is 4.39 Å². The van der Waals surface area contributed by atoms with Crippen molar-refractivity contribution in [3.63, 3.8) is 0 Å². The maximum absolute atomic E-state index is 13.2. The van der Waals surface area contributed by atoms with E-state index >= 15 is 0 Å². The van der Waals surface area contributed by atoms with Crippen molar-refractivity contribution in [2.45, 2.75) is 12.8 Å². The normalized spacial score (nSPS) is 10.7. The van der Waals surface area contributed by atoms with Crippen molar-refractivity contribution in [2.75, 3.05) is 0 Å². The second-order valence-corrected chi connectivity index (χ2v) is 4.92. The van der Waals surface area contributed by atoms with Gasteiger partial charge in [0.15, 0.2) is 0 Å². The first-order chi connectivity index (χ1) is 8.52. The van der Waals surface area contributed by atoms with Crippen molar-refractivity contribution in [1.29, 1.82) is 0 Å². The van der Waals surface area contributed by atoms with Crippen molar-refractivity contribution in [1.82, 2.24) is 9.78 Å². The Hall–Kier alpha value is -1.07. The predicted octanol–water partition coefficient (Wildman–Crippen LogP) is 4.16. The Kier molecular flexibility index (Phi) is 3.92. The molecule has 18 heavy (non-hydrogen) atoms. The molecule has 1 aromatic heterocycles. The van der Waals surface area contributed by atoms with Crippen molar-refractivity contribution in [3.8, 4) is 11.6 Å². The zero-order chi connectivity index (χ0) is 13.3. The lowest BCUT2D eigenvalue weighted by Gasteiger charge is -2.09. The molecule has 0 N–H and O–H groups in total. The number of nitrogens with zero attached hydrogens (tertiary/aromatic N) is 2. The quantitative estimate of drug-likeness (QED) is 0.789. The number of rotatable bonds is 3. The largest absolute Gasteiger partial charge is 0.438 e. The average Bonchev–Trinajstić information content (AvgIpc) is 2.58. The Morgan fingerprint density at radius 3 is 2.89 bits per heavy atom. The minimum atomic E-state index is -0.362. The third-order valence-electron chi connectivity index (χ3n) is 2.52. The van der Waals surface area contributed by atoms with E-state index in [-0.39, 0.29) is 5.82 Å². The molecule has 2 rings (SSSR count). The van der Waals surface area contributed by atoms with Crippen LogP contribution in [0.1, 0.15) is 11.3 Å². The van der Waals surface area contributed by atoms with Crippen LogP contribution < -0.4 is 4.74 Å². The van der Waals surface area contributed by atoms with Crippen LogP contribution in [0.3, 0.4) is 0 Å². The van der Waals surface area contributed by atoms with Gasteiger partial charge in [-0.05, 0) is 35.0 Å². The Morgan fingerprint density at radius 2 is 2.22 bits per heavy atom. The molecule has 0 bridgehead atoms. The van der Waals surface area contributed by atoms with Gasteiger partial charge in [-0.2, -0.15) is 5.10 Å². The van der Waals surface area contributed by atoms with Crippen LogP contribution in [0, 0.1) is 12.7 Å². The number of aromatic nitrogens is 2.